The Morgan fingerprint density at radius 2 is 0.794 bits per heavy atom. The van der Waals surface area contributed by atoms with Crippen LogP contribution in [0.15, 0.2) is 237 Å². The molecule has 0 aliphatic heterocycles. The van der Waals surface area contributed by atoms with E-state index in [1.54, 1.807) is 19.1 Å². The zero-order valence-corrected chi connectivity index (χ0v) is 62.1. The van der Waals surface area contributed by atoms with Crippen molar-refractivity contribution in [1.82, 2.24) is 15.0 Å². The normalized spacial score (nSPS) is 12.4. The predicted molar refractivity (Wildman–Crippen MR) is 433 cm³/mol. The first-order valence-corrected chi connectivity index (χ1v) is 36.5. The van der Waals surface area contributed by atoms with E-state index in [2.05, 4.69) is 82.8 Å². The standard InChI is InChI=1S/C30H26ClNO3S.C29H28ClNOS.C28H24ClNO2S/c1-20(33)36-29(17-13-22-7-3-4-9-27(22)30(34)35-2)24-8-5-6-21(18-24)10-15-26-16-12-23-11-14-25(31)19-28(23)32-26;1-29(2,32)26-9-4-3-7-21(26)13-17-28(33)23-8-5-6-20(18-23)10-15-25-16-12-22-11-14-24(30)19-27(22)31-25;1-32-28(31)25-8-3-2-6-20(25)12-16-27(33)22-7-4-5-19(17-22)9-14-24-15-11-21-10-13-23(29)18-26(21)30-24/h3-12,14-16,18-19,29H,13,17H2,1-2H3;3-12,14-16,18-19,28,32-33H,13,17H2,1-2H3;2-11,13-15,17-18,27,33H,12,16H2,1H3/b2*15-10+;14-9+/t29-;28-;27-/m111/s1. The molecule has 9 nitrogen and oxygen atoms in total. The summed E-state index contributed by atoms with van der Waals surface area (Å²) < 4.78 is 9.82. The van der Waals surface area contributed by atoms with Crippen molar-refractivity contribution in [1.29, 1.82) is 0 Å². The molecule has 9 aromatic carbocycles. The van der Waals surface area contributed by atoms with Crippen molar-refractivity contribution in [2.24, 2.45) is 0 Å². The van der Waals surface area contributed by atoms with Crippen LogP contribution >= 0.6 is 71.8 Å². The van der Waals surface area contributed by atoms with Crippen molar-refractivity contribution in [3.63, 3.8) is 0 Å². The van der Waals surface area contributed by atoms with Gasteiger partial charge in [0.25, 0.3) is 0 Å². The molecular formula is C87H78Cl3N3O6S3. The van der Waals surface area contributed by atoms with Gasteiger partial charge in [-0.15, -0.1) is 0 Å². The van der Waals surface area contributed by atoms with Crippen molar-refractivity contribution >= 4 is 158 Å². The van der Waals surface area contributed by atoms with Gasteiger partial charge in [-0.05, 0) is 193 Å². The lowest BCUT2D eigenvalue weighted by atomic mass is 9.90. The maximum atomic E-state index is 12.1. The molecular weight excluding hydrogens is 1390 g/mol. The molecule has 516 valence electrons. The summed E-state index contributed by atoms with van der Waals surface area (Å²) >= 11 is 29.3. The Morgan fingerprint density at radius 1 is 0.441 bits per heavy atom. The van der Waals surface area contributed by atoms with Crippen LogP contribution in [0.5, 0.6) is 0 Å². The number of rotatable bonds is 22. The lowest BCUT2D eigenvalue weighted by molar-refractivity contribution is -0.109. The van der Waals surface area contributed by atoms with Crippen LogP contribution in [0.25, 0.3) is 69.2 Å². The van der Waals surface area contributed by atoms with E-state index in [0.717, 1.165) is 120 Å². The molecule has 0 bridgehead atoms. The highest BCUT2D eigenvalue weighted by Gasteiger charge is 2.22. The number of fused-ring (bicyclic) bond motifs is 3. The van der Waals surface area contributed by atoms with Gasteiger partial charge in [-0.2, -0.15) is 25.3 Å². The number of carbonyl (C=O) groups is 3. The van der Waals surface area contributed by atoms with Gasteiger partial charge in [0.1, 0.15) is 0 Å². The number of aromatic nitrogens is 3. The summed E-state index contributed by atoms with van der Waals surface area (Å²) in [6.07, 6.45) is 16.8. The highest BCUT2D eigenvalue weighted by Crippen LogP contribution is 2.36. The second-order valence-electron chi connectivity index (χ2n) is 25.0. The second kappa shape index (κ2) is 36.7. The number of thiol groups is 2. The fraction of sp³-hybridized carbons (Fsp3) is 0.172. The van der Waals surface area contributed by atoms with Gasteiger partial charge in [0.05, 0.1) is 64.6 Å². The number of pyridine rings is 3. The van der Waals surface area contributed by atoms with Crippen LogP contribution in [0.3, 0.4) is 0 Å². The summed E-state index contributed by atoms with van der Waals surface area (Å²) in [4.78, 5) is 50.3. The third-order valence-corrected chi connectivity index (χ3v) is 20.1. The van der Waals surface area contributed by atoms with E-state index in [9.17, 15) is 19.5 Å². The van der Waals surface area contributed by atoms with Gasteiger partial charge in [-0.1, -0.05) is 235 Å². The van der Waals surface area contributed by atoms with Crippen LogP contribution in [0.4, 0.5) is 0 Å². The topological polar surface area (TPSA) is 129 Å². The highest BCUT2D eigenvalue weighted by molar-refractivity contribution is 8.13. The Bertz CT molecular complexity index is 5030. The van der Waals surface area contributed by atoms with E-state index in [-0.39, 0.29) is 32.8 Å². The molecule has 0 spiro atoms. The molecule has 0 saturated heterocycles. The molecule has 102 heavy (non-hydrogen) atoms. The molecule has 0 radical (unpaired) electrons. The average Bonchev–Trinajstić information content (AvgIpc) is 0.848. The number of aryl methyl sites for hydroxylation is 3. The number of benzene rings is 9. The molecule has 0 amide bonds. The number of thioether (sulfide) groups is 1. The van der Waals surface area contributed by atoms with E-state index in [1.165, 1.54) is 37.1 Å². The van der Waals surface area contributed by atoms with Crippen molar-refractivity contribution < 1.29 is 29.0 Å². The maximum absolute atomic E-state index is 12.1. The minimum absolute atomic E-state index is 0.0394. The lowest BCUT2D eigenvalue weighted by Gasteiger charge is -2.22. The quantitative estimate of drug-likeness (QED) is 0.0446. The van der Waals surface area contributed by atoms with Gasteiger partial charge in [0.2, 0.25) is 0 Å². The number of esters is 2. The smallest absolute Gasteiger partial charge is 0.338 e. The lowest BCUT2D eigenvalue weighted by Crippen LogP contribution is -2.18. The van der Waals surface area contributed by atoms with E-state index in [0.29, 0.717) is 39.0 Å². The number of halogens is 3. The number of hydrogen-bond donors (Lipinski definition) is 3. The van der Waals surface area contributed by atoms with Crippen LogP contribution in [0.2, 0.25) is 15.1 Å². The Hall–Kier alpha value is -9.08. The van der Waals surface area contributed by atoms with Gasteiger partial charge in [-0.25, -0.2) is 24.5 Å². The Kier molecular flexibility index (Phi) is 27.2. The van der Waals surface area contributed by atoms with Crippen LogP contribution < -0.4 is 0 Å². The Balaban J connectivity index is 0.000000165. The first-order chi connectivity index (χ1) is 49.2. The summed E-state index contributed by atoms with van der Waals surface area (Å²) in [7, 11) is 2.79. The summed E-state index contributed by atoms with van der Waals surface area (Å²) in [6, 6.07) is 77.3. The molecule has 3 atom stereocenters. The van der Waals surface area contributed by atoms with Crippen molar-refractivity contribution in [3.8, 4) is 0 Å². The zero-order valence-electron chi connectivity index (χ0n) is 57.2. The number of methoxy groups -OCH3 is 2. The summed E-state index contributed by atoms with van der Waals surface area (Å²) in [5.74, 6) is -0.656. The van der Waals surface area contributed by atoms with Crippen LogP contribution in [-0.4, -0.2) is 51.3 Å². The molecule has 15 heteroatoms. The van der Waals surface area contributed by atoms with Crippen LogP contribution in [-0.2, 0) is 39.1 Å². The van der Waals surface area contributed by atoms with Crippen LogP contribution in [0.1, 0.15) is 149 Å². The number of carbonyl (C=O) groups excluding carboxylic acids is 3. The average molecular weight is 1460 g/mol. The zero-order chi connectivity index (χ0) is 72.1. The number of aliphatic hydroxyl groups is 1. The molecule has 0 aliphatic carbocycles. The van der Waals surface area contributed by atoms with E-state index >= 15 is 0 Å². The molecule has 12 aromatic rings. The predicted octanol–water partition coefficient (Wildman–Crippen LogP) is 23.1. The minimum atomic E-state index is -0.852. The molecule has 3 heterocycles. The molecule has 1 N–H and O–H groups in total. The van der Waals surface area contributed by atoms with Crippen molar-refractivity contribution in [2.75, 3.05) is 14.2 Å². The number of nitrogens with zero attached hydrogens (tertiary/aromatic N) is 3. The Labute approximate surface area is 627 Å². The fourth-order valence-corrected chi connectivity index (χ4v) is 13.9. The Morgan fingerprint density at radius 3 is 1.20 bits per heavy atom. The monoisotopic (exact) mass is 1460 g/mol. The molecule has 0 saturated carbocycles. The van der Waals surface area contributed by atoms with E-state index in [1.807, 2.05) is 202 Å². The fourth-order valence-electron chi connectivity index (χ4n) is 11.9. The van der Waals surface area contributed by atoms with Gasteiger partial charge in [-0.3, -0.25) is 4.79 Å². The first-order valence-electron chi connectivity index (χ1n) is 33.5. The van der Waals surface area contributed by atoms with Crippen molar-refractivity contribution in [2.45, 2.75) is 80.6 Å². The molecule has 0 aliphatic rings. The first kappa shape index (κ1) is 75.6. The molecule has 0 unspecified atom stereocenters. The summed E-state index contributed by atoms with van der Waals surface area (Å²) in [5, 5.41) is 15.8. The number of hydrogen-bond acceptors (Lipinski definition) is 12. The molecule has 12 rings (SSSR count). The van der Waals surface area contributed by atoms with Gasteiger partial charge in [0.15, 0.2) is 5.12 Å². The summed E-state index contributed by atoms with van der Waals surface area (Å²) in [5.41, 5.74) is 16.2. The largest absolute Gasteiger partial charge is 0.465 e. The van der Waals surface area contributed by atoms with Gasteiger partial charge >= 0.3 is 11.9 Å². The van der Waals surface area contributed by atoms with E-state index in [4.69, 9.17) is 74.5 Å². The van der Waals surface area contributed by atoms with Gasteiger partial charge < -0.3 is 14.6 Å². The third kappa shape index (κ3) is 21.7. The van der Waals surface area contributed by atoms with E-state index < -0.39 is 5.60 Å². The number of ether oxygens (including phenoxy) is 2. The SMILES string of the molecule is CC(C)(O)c1ccccc1CC[C@@H](S)c1cccc(/C=C/c2ccc3ccc(Cl)cc3n2)c1.COC(=O)c1ccccc1CC[C@@H](S)c1cccc(/C=C/c2ccc3ccc(Cl)cc3n2)c1.COC(=O)c1ccccc1CC[C@@H](SC(C)=O)c1cccc(/C=C/c2ccc3ccc(Cl)cc3n2)c1. The van der Waals surface area contributed by atoms with Crippen molar-refractivity contribution in [3.05, 3.63) is 335 Å². The van der Waals surface area contributed by atoms with Crippen LogP contribution in [0, 0.1) is 0 Å². The highest BCUT2D eigenvalue weighted by atomic mass is 35.5. The maximum Gasteiger partial charge on any atom is 0.338 e. The summed E-state index contributed by atoms with van der Waals surface area (Å²) in [6.45, 7) is 5.25. The molecule has 0 fully saturated rings. The molecule has 3 aromatic heterocycles. The third-order valence-electron chi connectivity index (χ3n) is 17.1. The second-order valence-corrected chi connectivity index (χ2v) is 28.9. The minimum Gasteiger partial charge on any atom is -0.465 e. The van der Waals surface area contributed by atoms with Gasteiger partial charge in [0, 0.05) is 53.9 Å².